The number of hydrogen-bond donors (Lipinski definition) is 2. The summed E-state index contributed by atoms with van der Waals surface area (Å²) in [6.07, 6.45) is 9.12. The maximum Gasteiger partial charge on any atom is 0.251 e. The standard InChI is InChI=1S/C13H15N5O/c14-13(19)10-6-17-18(8-10)12-3-9(4-15-7-12)5-16-11-1-2-11/h3-4,6-8,11,16H,1-2,5H2,(H2,14,19). The molecule has 98 valence electrons. The topological polar surface area (TPSA) is 85.8 Å². The van der Waals surface area contributed by atoms with E-state index >= 15 is 0 Å². The number of nitrogens with zero attached hydrogens (tertiary/aromatic N) is 3. The average Bonchev–Trinajstić information content (AvgIpc) is 3.10. The Balaban J connectivity index is 1.78. The van der Waals surface area contributed by atoms with Crippen molar-refractivity contribution in [3.8, 4) is 5.69 Å². The summed E-state index contributed by atoms with van der Waals surface area (Å²) >= 11 is 0. The first-order valence-electron chi connectivity index (χ1n) is 6.24. The Morgan fingerprint density at radius 3 is 2.95 bits per heavy atom. The number of hydrogen-bond acceptors (Lipinski definition) is 4. The summed E-state index contributed by atoms with van der Waals surface area (Å²) in [4.78, 5) is 15.2. The summed E-state index contributed by atoms with van der Waals surface area (Å²) in [6.45, 7) is 0.801. The molecular weight excluding hydrogens is 242 g/mol. The number of primary amides is 1. The van der Waals surface area contributed by atoms with Gasteiger partial charge in [-0.05, 0) is 24.5 Å². The first-order valence-corrected chi connectivity index (χ1v) is 6.24. The number of aromatic nitrogens is 3. The summed E-state index contributed by atoms with van der Waals surface area (Å²) in [5, 5.41) is 7.54. The van der Waals surface area contributed by atoms with Crippen LogP contribution in [0.1, 0.15) is 28.8 Å². The van der Waals surface area contributed by atoms with Gasteiger partial charge in [-0.25, -0.2) is 4.68 Å². The van der Waals surface area contributed by atoms with Gasteiger partial charge in [-0.3, -0.25) is 9.78 Å². The van der Waals surface area contributed by atoms with E-state index < -0.39 is 5.91 Å². The van der Waals surface area contributed by atoms with Crippen LogP contribution in [-0.4, -0.2) is 26.7 Å². The second-order valence-corrected chi connectivity index (χ2v) is 4.74. The molecule has 0 aromatic carbocycles. The molecule has 1 amide bonds. The maximum atomic E-state index is 11.0. The zero-order valence-corrected chi connectivity index (χ0v) is 10.4. The van der Waals surface area contributed by atoms with E-state index in [2.05, 4.69) is 15.4 Å². The van der Waals surface area contributed by atoms with Gasteiger partial charge in [0.1, 0.15) is 0 Å². The summed E-state index contributed by atoms with van der Waals surface area (Å²) in [5.41, 5.74) is 7.51. The van der Waals surface area contributed by atoms with E-state index in [1.807, 2.05) is 12.3 Å². The second kappa shape index (κ2) is 4.81. The summed E-state index contributed by atoms with van der Waals surface area (Å²) in [7, 11) is 0. The highest BCUT2D eigenvalue weighted by molar-refractivity contribution is 5.92. The van der Waals surface area contributed by atoms with Gasteiger partial charge in [0.25, 0.3) is 5.91 Å². The first kappa shape index (κ1) is 11.9. The third kappa shape index (κ3) is 2.79. The largest absolute Gasteiger partial charge is 0.366 e. The molecule has 0 bridgehead atoms. The van der Waals surface area contributed by atoms with Crippen LogP contribution in [0.5, 0.6) is 0 Å². The highest BCUT2D eigenvalue weighted by Gasteiger charge is 2.20. The molecule has 1 fully saturated rings. The Labute approximate surface area is 110 Å². The molecule has 1 aliphatic rings. The van der Waals surface area contributed by atoms with Crippen molar-refractivity contribution in [2.45, 2.75) is 25.4 Å². The molecule has 6 nitrogen and oxygen atoms in total. The van der Waals surface area contributed by atoms with Gasteiger partial charge < -0.3 is 11.1 Å². The molecule has 2 aromatic rings. The van der Waals surface area contributed by atoms with Crippen LogP contribution in [0.15, 0.2) is 30.9 Å². The van der Waals surface area contributed by atoms with Gasteiger partial charge >= 0.3 is 0 Å². The van der Waals surface area contributed by atoms with Crippen molar-refractivity contribution in [3.05, 3.63) is 42.0 Å². The number of amides is 1. The van der Waals surface area contributed by atoms with Crippen LogP contribution in [0.4, 0.5) is 0 Å². The SMILES string of the molecule is NC(=O)c1cnn(-c2cncc(CNC3CC3)c2)c1. The number of nitrogens with two attached hydrogens (primary N) is 1. The minimum Gasteiger partial charge on any atom is -0.366 e. The normalized spacial score (nSPS) is 14.5. The van der Waals surface area contributed by atoms with Crippen LogP contribution in [0.25, 0.3) is 5.69 Å². The maximum absolute atomic E-state index is 11.0. The Hall–Kier alpha value is -2.21. The molecule has 2 aromatic heterocycles. The zero-order valence-electron chi connectivity index (χ0n) is 10.4. The van der Waals surface area contributed by atoms with E-state index in [1.54, 1.807) is 17.1 Å². The van der Waals surface area contributed by atoms with Crippen LogP contribution in [0, 0.1) is 0 Å². The summed E-state index contributed by atoms with van der Waals surface area (Å²) in [6, 6.07) is 2.66. The fourth-order valence-corrected chi connectivity index (χ4v) is 1.84. The van der Waals surface area contributed by atoms with E-state index in [9.17, 15) is 4.79 Å². The van der Waals surface area contributed by atoms with E-state index in [4.69, 9.17) is 5.73 Å². The monoisotopic (exact) mass is 257 g/mol. The molecule has 3 N–H and O–H groups in total. The third-order valence-corrected chi connectivity index (χ3v) is 3.08. The molecule has 0 saturated heterocycles. The minimum atomic E-state index is -0.481. The van der Waals surface area contributed by atoms with E-state index in [1.165, 1.54) is 19.0 Å². The molecule has 1 aliphatic carbocycles. The van der Waals surface area contributed by atoms with Crippen LogP contribution in [-0.2, 0) is 6.54 Å². The predicted octanol–water partition coefficient (Wildman–Crippen LogP) is 0.618. The molecule has 3 rings (SSSR count). The number of rotatable bonds is 5. The summed E-state index contributed by atoms with van der Waals surface area (Å²) in [5.74, 6) is -0.481. The van der Waals surface area contributed by atoms with Gasteiger partial charge in [0.2, 0.25) is 0 Å². The molecule has 2 heterocycles. The van der Waals surface area contributed by atoms with Crippen LogP contribution in [0.3, 0.4) is 0 Å². The van der Waals surface area contributed by atoms with Crippen molar-refractivity contribution in [1.82, 2.24) is 20.1 Å². The van der Waals surface area contributed by atoms with Gasteiger partial charge in [-0.1, -0.05) is 0 Å². The van der Waals surface area contributed by atoms with Crippen molar-refractivity contribution in [1.29, 1.82) is 0 Å². The Kier molecular flexibility index (Phi) is 3.00. The third-order valence-electron chi connectivity index (χ3n) is 3.08. The van der Waals surface area contributed by atoms with Gasteiger partial charge in [0, 0.05) is 25.0 Å². The van der Waals surface area contributed by atoms with Crippen molar-refractivity contribution in [3.63, 3.8) is 0 Å². The van der Waals surface area contributed by atoms with Crippen LogP contribution >= 0.6 is 0 Å². The van der Waals surface area contributed by atoms with Crippen LogP contribution < -0.4 is 11.1 Å². The molecule has 19 heavy (non-hydrogen) atoms. The zero-order chi connectivity index (χ0) is 13.2. The molecular formula is C13H15N5O. The number of carbonyl (C=O) groups excluding carboxylic acids is 1. The first-order chi connectivity index (χ1) is 9.22. The Morgan fingerprint density at radius 1 is 1.42 bits per heavy atom. The Morgan fingerprint density at radius 2 is 2.26 bits per heavy atom. The lowest BCUT2D eigenvalue weighted by Crippen LogP contribution is -2.15. The van der Waals surface area contributed by atoms with Gasteiger partial charge in [0.15, 0.2) is 0 Å². The number of carbonyl (C=O) groups is 1. The van der Waals surface area contributed by atoms with Crippen molar-refractivity contribution >= 4 is 5.91 Å². The van der Waals surface area contributed by atoms with Gasteiger partial charge in [-0.2, -0.15) is 5.10 Å². The molecule has 0 spiro atoms. The Bertz CT molecular complexity index is 603. The molecule has 6 heteroatoms. The quantitative estimate of drug-likeness (QED) is 0.822. The highest BCUT2D eigenvalue weighted by Crippen LogP contribution is 2.19. The average molecular weight is 257 g/mol. The van der Waals surface area contributed by atoms with E-state index in [0.29, 0.717) is 11.6 Å². The molecule has 0 aliphatic heterocycles. The van der Waals surface area contributed by atoms with Crippen molar-refractivity contribution in [2.75, 3.05) is 0 Å². The predicted molar refractivity (Wildman–Crippen MR) is 69.7 cm³/mol. The lowest BCUT2D eigenvalue weighted by Gasteiger charge is -2.05. The second-order valence-electron chi connectivity index (χ2n) is 4.74. The molecule has 1 saturated carbocycles. The molecule has 0 unspecified atom stereocenters. The lowest BCUT2D eigenvalue weighted by atomic mass is 10.2. The van der Waals surface area contributed by atoms with Crippen molar-refractivity contribution < 1.29 is 4.79 Å². The number of nitrogens with one attached hydrogen (secondary N) is 1. The van der Waals surface area contributed by atoms with E-state index in [-0.39, 0.29) is 0 Å². The number of pyridine rings is 1. The van der Waals surface area contributed by atoms with Crippen LogP contribution in [0.2, 0.25) is 0 Å². The van der Waals surface area contributed by atoms with E-state index in [0.717, 1.165) is 17.8 Å². The summed E-state index contributed by atoms with van der Waals surface area (Å²) < 4.78 is 1.60. The highest BCUT2D eigenvalue weighted by atomic mass is 16.1. The fourth-order valence-electron chi connectivity index (χ4n) is 1.84. The smallest absolute Gasteiger partial charge is 0.251 e. The van der Waals surface area contributed by atoms with Crippen molar-refractivity contribution in [2.24, 2.45) is 5.73 Å². The lowest BCUT2D eigenvalue weighted by molar-refractivity contribution is 0.100. The molecule has 0 radical (unpaired) electrons. The molecule has 0 atom stereocenters. The van der Waals surface area contributed by atoms with Gasteiger partial charge in [0.05, 0.1) is 23.6 Å². The van der Waals surface area contributed by atoms with Gasteiger partial charge in [-0.15, -0.1) is 0 Å². The minimum absolute atomic E-state index is 0.390. The fraction of sp³-hybridized carbons (Fsp3) is 0.308.